The molecule has 3 N–H and O–H groups in total. The predicted molar refractivity (Wildman–Crippen MR) is 77.0 cm³/mol. The molecule has 0 aliphatic carbocycles. The summed E-state index contributed by atoms with van der Waals surface area (Å²) in [6.45, 7) is 9.08. The number of hydrogen-bond donors (Lipinski definition) is 2. The maximum atomic E-state index is 11.6. The van der Waals surface area contributed by atoms with E-state index in [9.17, 15) is 4.79 Å². The molecule has 5 heteroatoms. The number of H-pyrrole nitrogens is 1. The van der Waals surface area contributed by atoms with E-state index in [-0.39, 0.29) is 16.2 Å². The van der Waals surface area contributed by atoms with Crippen LogP contribution in [-0.2, 0) is 6.42 Å². The van der Waals surface area contributed by atoms with E-state index >= 15 is 0 Å². The van der Waals surface area contributed by atoms with Gasteiger partial charge in [0, 0.05) is 23.6 Å². The van der Waals surface area contributed by atoms with Crippen molar-refractivity contribution < 1.29 is 0 Å². The minimum absolute atomic E-state index is 0.0821. The fraction of sp³-hybridized carbons (Fsp3) is 0.692. The lowest BCUT2D eigenvalue weighted by molar-refractivity contribution is 0.397. The Labute approximate surface area is 113 Å². The van der Waals surface area contributed by atoms with E-state index in [1.807, 2.05) is 0 Å². The molecule has 4 nitrogen and oxygen atoms in total. The Balaban J connectivity index is 2.92. The molecule has 0 amide bonds. The smallest absolute Gasteiger partial charge is 0.251 e. The first-order valence-corrected chi connectivity index (χ1v) is 7.21. The van der Waals surface area contributed by atoms with Gasteiger partial charge in [-0.25, -0.2) is 4.98 Å². The Morgan fingerprint density at radius 2 is 2.17 bits per heavy atom. The van der Waals surface area contributed by atoms with Crippen molar-refractivity contribution in [1.82, 2.24) is 9.97 Å². The van der Waals surface area contributed by atoms with E-state index in [1.54, 1.807) is 17.8 Å². The van der Waals surface area contributed by atoms with Gasteiger partial charge in [-0.1, -0.05) is 45.9 Å². The van der Waals surface area contributed by atoms with Crippen LogP contribution in [0.3, 0.4) is 0 Å². The summed E-state index contributed by atoms with van der Waals surface area (Å²) in [4.78, 5) is 18.8. The molecule has 1 unspecified atom stereocenters. The largest absolute Gasteiger partial charge is 0.329 e. The first kappa shape index (κ1) is 15.2. The molecular weight excluding hydrogens is 246 g/mol. The Hall–Kier alpha value is -0.810. The molecule has 1 aromatic heterocycles. The van der Waals surface area contributed by atoms with Gasteiger partial charge in [0.1, 0.15) is 0 Å². The zero-order valence-electron chi connectivity index (χ0n) is 11.6. The highest BCUT2D eigenvalue weighted by Crippen LogP contribution is 2.32. The summed E-state index contributed by atoms with van der Waals surface area (Å²) in [5, 5.41) is 0.911. The fourth-order valence-electron chi connectivity index (χ4n) is 1.64. The number of aromatic amines is 1. The lowest BCUT2D eigenvalue weighted by Gasteiger charge is -2.28. The summed E-state index contributed by atoms with van der Waals surface area (Å²) < 4.78 is 0. The lowest BCUT2D eigenvalue weighted by atomic mass is 9.92. The van der Waals surface area contributed by atoms with Crippen LogP contribution < -0.4 is 11.3 Å². The number of nitrogens with two attached hydrogens (primary N) is 1. The normalized spacial score (nSPS) is 13.6. The number of rotatable bonds is 5. The highest BCUT2D eigenvalue weighted by Gasteiger charge is 2.25. The molecule has 1 heterocycles. The van der Waals surface area contributed by atoms with Crippen LogP contribution in [0.5, 0.6) is 0 Å². The highest BCUT2D eigenvalue weighted by molar-refractivity contribution is 7.99. The van der Waals surface area contributed by atoms with Crippen LogP contribution >= 0.6 is 11.8 Å². The van der Waals surface area contributed by atoms with E-state index in [0.29, 0.717) is 11.7 Å². The van der Waals surface area contributed by atoms with Crippen LogP contribution in [0.1, 0.15) is 39.8 Å². The van der Waals surface area contributed by atoms with Gasteiger partial charge in [0.15, 0.2) is 5.16 Å². The van der Waals surface area contributed by atoms with Gasteiger partial charge in [-0.15, -0.1) is 0 Å². The van der Waals surface area contributed by atoms with Crippen LogP contribution in [0.15, 0.2) is 16.0 Å². The van der Waals surface area contributed by atoms with E-state index < -0.39 is 0 Å². The molecule has 1 atom stereocenters. The highest BCUT2D eigenvalue weighted by atomic mass is 32.2. The van der Waals surface area contributed by atoms with E-state index in [0.717, 1.165) is 18.5 Å². The summed E-state index contributed by atoms with van der Waals surface area (Å²) in [5.41, 5.74) is 6.66. The van der Waals surface area contributed by atoms with E-state index in [1.165, 1.54) is 0 Å². The summed E-state index contributed by atoms with van der Waals surface area (Å²) in [7, 11) is 0. The van der Waals surface area contributed by atoms with Crippen molar-refractivity contribution >= 4 is 11.8 Å². The van der Waals surface area contributed by atoms with Crippen molar-refractivity contribution in [3.8, 4) is 0 Å². The maximum absolute atomic E-state index is 11.6. The van der Waals surface area contributed by atoms with Gasteiger partial charge in [0.2, 0.25) is 0 Å². The van der Waals surface area contributed by atoms with Gasteiger partial charge in [-0.2, -0.15) is 0 Å². The first-order valence-electron chi connectivity index (χ1n) is 6.33. The van der Waals surface area contributed by atoms with Crippen LogP contribution in [-0.4, -0.2) is 21.8 Å². The summed E-state index contributed by atoms with van der Waals surface area (Å²) in [6.07, 6.45) is 1.82. The molecule has 0 aromatic carbocycles. The third kappa shape index (κ3) is 4.46. The average molecular weight is 269 g/mol. The van der Waals surface area contributed by atoms with Gasteiger partial charge in [-0.3, -0.25) is 4.79 Å². The Morgan fingerprint density at radius 1 is 1.50 bits per heavy atom. The number of aryl methyl sites for hydroxylation is 1. The molecule has 18 heavy (non-hydrogen) atoms. The minimum atomic E-state index is -0.0827. The molecule has 1 aromatic rings. The van der Waals surface area contributed by atoms with Crippen molar-refractivity contribution in [2.24, 2.45) is 11.1 Å². The quantitative estimate of drug-likeness (QED) is 0.635. The van der Waals surface area contributed by atoms with Crippen LogP contribution in [0, 0.1) is 5.41 Å². The topological polar surface area (TPSA) is 71.8 Å². The van der Waals surface area contributed by atoms with Crippen molar-refractivity contribution in [1.29, 1.82) is 0 Å². The zero-order valence-corrected chi connectivity index (χ0v) is 12.4. The zero-order chi connectivity index (χ0) is 13.8. The average Bonchev–Trinajstić information content (AvgIpc) is 2.24. The molecule has 0 bridgehead atoms. The number of aromatic nitrogens is 2. The maximum Gasteiger partial charge on any atom is 0.251 e. The second-order valence-electron chi connectivity index (χ2n) is 5.50. The fourth-order valence-corrected chi connectivity index (χ4v) is 2.69. The molecule has 0 saturated heterocycles. The molecule has 0 spiro atoms. The Morgan fingerprint density at radius 3 is 2.67 bits per heavy atom. The Kier molecular flexibility index (Phi) is 5.41. The number of nitrogens with one attached hydrogen (secondary N) is 1. The van der Waals surface area contributed by atoms with Gasteiger partial charge in [0.05, 0.1) is 0 Å². The number of hydrogen-bond acceptors (Lipinski definition) is 4. The van der Waals surface area contributed by atoms with Gasteiger partial charge in [-0.05, 0) is 11.8 Å². The molecule has 102 valence electrons. The van der Waals surface area contributed by atoms with Crippen LogP contribution in [0.2, 0.25) is 0 Å². The molecule has 0 fully saturated rings. The molecule has 0 aliphatic rings. The summed E-state index contributed by atoms with van der Waals surface area (Å²) >= 11 is 1.56. The lowest BCUT2D eigenvalue weighted by Crippen LogP contribution is -2.31. The number of nitrogens with zero attached hydrogens (tertiary/aromatic N) is 1. The SMILES string of the molecule is CCCc1cc(=O)[nH]c(SC(CN)C(C)(C)C)n1. The Bertz CT molecular complexity index is 437. The third-order valence-corrected chi connectivity index (χ3v) is 4.31. The third-order valence-electron chi connectivity index (χ3n) is 2.71. The molecule has 1 rings (SSSR count). The summed E-state index contributed by atoms with van der Waals surface area (Å²) in [6, 6.07) is 1.57. The van der Waals surface area contributed by atoms with Gasteiger partial charge < -0.3 is 10.7 Å². The predicted octanol–water partition coefficient (Wildman–Crippen LogP) is 2.19. The van der Waals surface area contributed by atoms with Crippen molar-refractivity contribution in [2.45, 2.75) is 50.9 Å². The van der Waals surface area contributed by atoms with Crippen LogP contribution in [0.25, 0.3) is 0 Å². The second-order valence-corrected chi connectivity index (χ2v) is 6.69. The van der Waals surface area contributed by atoms with Gasteiger partial charge in [0.25, 0.3) is 5.56 Å². The van der Waals surface area contributed by atoms with E-state index in [4.69, 9.17) is 5.73 Å². The van der Waals surface area contributed by atoms with Gasteiger partial charge >= 0.3 is 0 Å². The molecule has 0 aliphatic heterocycles. The van der Waals surface area contributed by atoms with Crippen molar-refractivity contribution in [3.63, 3.8) is 0 Å². The molecule has 0 saturated carbocycles. The summed E-state index contributed by atoms with van der Waals surface area (Å²) in [5.74, 6) is 0. The minimum Gasteiger partial charge on any atom is -0.329 e. The molecular formula is C13H23N3OS. The van der Waals surface area contributed by atoms with Crippen molar-refractivity contribution in [3.05, 3.63) is 22.1 Å². The molecule has 0 radical (unpaired) electrons. The number of thioether (sulfide) groups is 1. The first-order chi connectivity index (χ1) is 8.36. The standard InChI is InChI=1S/C13H23N3OS/c1-5-6-9-7-11(17)16-12(15-9)18-10(8-14)13(2,3)4/h7,10H,5-6,8,14H2,1-4H3,(H,15,16,17). The monoisotopic (exact) mass is 269 g/mol. The second kappa shape index (κ2) is 6.38. The van der Waals surface area contributed by atoms with Crippen molar-refractivity contribution in [2.75, 3.05) is 6.54 Å². The van der Waals surface area contributed by atoms with Crippen LogP contribution in [0.4, 0.5) is 0 Å². The van der Waals surface area contributed by atoms with E-state index in [2.05, 4.69) is 37.7 Å².